The Labute approximate surface area is 197 Å². The Morgan fingerprint density at radius 2 is 2.00 bits per heavy atom. The first-order valence-electron chi connectivity index (χ1n) is 12.4. The summed E-state index contributed by atoms with van der Waals surface area (Å²) in [5.41, 5.74) is 0.419. The van der Waals surface area contributed by atoms with E-state index in [0.717, 1.165) is 50.9 Å². The minimum atomic E-state index is -0.181. The molecule has 8 nitrogen and oxygen atoms in total. The Morgan fingerprint density at radius 1 is 1.24 bits per heavy atom. The third-order valence-corrected chi connectivity index (χ3v) is 7.24. The third-order valence-electron chi connectivity index (χ3n) is 7.24. The van der Waals surface area contributed by atoms with E-state index in [1.54, 1.807) is 13.1 Å². The first-order valence-corrected chi connectivity index (χ1v) is 12.4. The second-order valence-corrected chi connectivity index (χ2v) is 9.83. The zero-order chi connectivity index (χ0) is 23.6. The number of pyridine rings is 1. The molecule has 3 atom stereocenters. The molecule has 2 fully saturated rings. The lowest BCUT2D eigenvalue weighted by atomic mass is 9.79. The van der Waals surface area contributed by atoms with Crippen LogP contribution >= 0.6 is 0 Å². The van der Waals surface area contributed by atoms with E-state index < -0.39 is 0 Å². The number of guanidine groups is 1. The molecule has 1 aromatic heterocycles. The molecule has 0 spiro atoms. The van der Waals surface area contributed by atoms with Gasteiger partial charge < -0.3 is 15.7 Å². The first kappa shape index (κ1) is 25.0. The van der Waals surface area contributed by atoms with Gasteiger partial charge in [0.2, 0.25) is 12.3 Å². The molecule has 182 valence electrons. The highest BCUT2D eigenvalue weighted by molar-refractivity contribution is 5.94. The molecule has 2 aliphatic carbocycles. The number of rotatable bonds is 9. The standard InChI is InChI=1S/C25H39N5O3/c1-30(17-31)25(26)29-22(11-10-18-6-3-2-4-7-18)15-19-8-5-9-21(14-19)28-24(33)20-12-13-27-23(32)16-20/h12-13,16-19,21-22H,2-11,14-15H2,1H3,(H2,26,29)(H,27,32)(H,28,33)/t19-,21+,22+/m0/s1. The molecule has 2 saturated carbocycles. The average molecular weight is 458 g/mol. The number of amides is 2. The van der Waals surface area contributed by atoms with Gasteiger partial charge in [-0.2, -0.15) is 0 Å². The van der Waals surface area contributed by atoms with Crippen LogP contribution < -0.4 is 10.6 Å². The van der Waals surface area contributed by atoms with Crippen LogP contribution in [0.1, 0.15) is 87.4 Å². The fourth-order valence-electron chi connectivity index (χ4n) is 5.38. The van der Waals surface area contributed by atoms with Crippen molar-refractivity contribution in [2.24, 2.45) is 11.8 Å². The second kappa shape index (κ2) is 12.6. The molecule has 1 aromatic rings. The van der Waals surface area contributed by atoms with Crippen LogP contribution in [0, 0.1) is 17.2 Å². The van der Waals surface area contributed by atoms with Gasteiger partial charge in [-0.1, -0.05) is 44.9 Å². The summed E-state index contributed by atoms with van der Waals surface area (Å²) >= 11 is 0. The van der Waals surface area contributed by atoms with Gasteiger partial charge in [0, 0.05) is 37.0 Å². The van der Waals surface area contributed by atoms with E-state index >= 15 is 0 Å². The predicted octanol–water partition coefficient (Wildman–Crippen LogP) is 3.81. The highest BCUT2D eigenvalue weighted by Crippen LogP contribution is 2.32. The third kappa shape index (κ3) is 8.02. The molecule has 1 heterocycles. The summed E-state index contributed by atoms with van der Waals surface area (Å²) < 4.78 is 0. The molecule has 0 radical (unpaired) electrons. The van der Waals surface area contributed by atoms with E-state index in [1.807, 2.05) is 0 Å². The van der Waals surface area contributed by atoms with Gasteiger partial charge in [-0.3, -0.25) is 19.9 Å². The van der Waals surface area contributed by atoms with E-state index in [9.17, 15) is 14.7 Å². The van der Waals surface area contributed by atoms with Crippen molar-refractivity contribution in [2.75, 3.05) is 7.05 Å². The van der Waals surface area contributed by atoms with Crippen LogP contribution in [-0.4, -0.2) is 52.4 Å². The monoisotopic (exact) mass is 457 g/mol. The van der Waals surface area contributed by atoms with Crippen molar-refractivity contribution in [1.82, 2.24) is 20.5 Å². The van der Waals surface area contributed by atoms with Gasteiger partial charge in [0.05, 0.1) is 0 Å². The molecule has 8 heteroatoms. The number of carbonyl (C=O) groups excluding carboxylic acids is 2. The Hall–Kier alpha value is -2.64. The minimum absolute atomic E-state index is 0.0997. The number of aromatic hydroxyl groups is 1. The summed E-state index contributed by atoms with van der Waals surface area (Å²) in [5.74, 6) is 1.04. The van der Waals surface area contributed by atoms with Crippen LogP contribution in [-0.2, 0) is 4.79 Å². The lowest BCUT2D eigenvalue weighted by Crippen LogP contribution is -2.45. The Kier molecular flexibility index (Phi) is 9.51. The lowest BCUT2D eigenvalue weighted by molar-refractivity contribution is -0.114. The number of nitrogens with one attached hydrogen (secondary N) is 3. The number of hydrogen-bond acceptors (Lipinski definition) is 5. The average Bonchev–Trinajstić information content (AvgIpc) is 2.82. The number of aromatic nitrogens is 1. The molecule has 0 bridgehead atoms. The molecule has 4 N–H and O–H groups in total. The molecule has 0 aromatic carbocycles. The topological polar surface area (TPSA) is 118 Å². The molecular formula is C25H39N5O3. The molecular weight excluding hydrogens is 418 g/mol. The second-order valence-electron chi connectivity index (χ2n) is 9.83. The summed E-state index contributed by atoms with van der Waals surface area (Å²) in [6.45, 7) is 0. The van der Waals surface area contributed by atoms with Crippen molar-refractivity contribution in [1.29, 1.82) is 5.41 Å². The molecule has 33 heavy (non-hydrogen) atoms. The maximum absolute atomic E-state index is 12.6. The zero-order valence-corrected chi connectivity index (χ0v) is 19.8. The maximum Gasteiger partial charge on any atom is 0.251 e. The lowest BCUT2D eigenvalue weighted by Gasteiger charge is -2.33. The molecule has 2 aliphatic rings. The van der Waals surface area contributed by atoms with Crippen molar-refractivity contribution >= 4 is 18.3 Å². The van der Waals surface area contributed by atoms with Crippen molar-refractivity contribution < 1.29 is 14.7 Å². The van der Waals surface area contributed by atoms with E-state index in [2.05, 4.69) is 15.6 Å². The number of nitrogens with zero attached hydrogens (tertiary/aromatic N) is 2. The Balaban J connectivity index is 1.55. The zero-order valence-electron chi connectivity index (χ0n) is 19.8. The van der Waals surface area contributed by atoms with Gasteiger partial charge in [0.25, 0.3) is 5.91 Å². The van der Waals surface area contributed by atoms with E-state index in [4.69, 9.17) is 5.41 Å². The normalized spacial score (nSPS) is 22.2. The fraction of sp³-hybridized carbons (Fsp3) is 0.680. The smallest absolute Gasteiger partial charge is 0.251 e. The summed E-state index contributed by atoms with van der Waals surface area (Å²) in [6, 6.07) is 3.24. The molecule has 3 rings (SSSR count). The summed E-state index contributed by atoms with van der Waals surface area (Å²) in [7, 11) is 1.60. The fourth-order valence-corrected chi connectivity index (χ4v) is 5.38. The highest BCUT2D eigenvalue weighted by atomic mass is 16.3. The molecule has 0 aliphatic heterocycles. The summed E-state index contributed by atoms with van der Waals surface area (Å²) in [6.07, 6.45) is 15.8. The summed E-state index contributed by atoms with van der Waals surface area (Å²) in [4.78, 5) is 28.7. The minimum Gasteiger partial charge on any atom is -0.493 e. The van der Waals surface area contributed by atoms with Crippen LogP contribution in [0.2, 0.25) is 0 Å². The van der Waals surface area contributed by atoms with Crippen LogP contribution in [0.25, 0.3) is 0 Å². The highest BCUT2D eigenvalue weighted by Gasteiger charge is 2.27. The van der Waals surface area contributed by atoms with Crippen LogP contribution in [0.5, 0.6) is 5.88 Å². The van der Waals surface area contributed by atoms with Gasteiger partial charge in [0.15, 0.2) is 5.96 Å². The van der Waals surface area contributed by atoms with Gasteiger partial charge in [-0.15, -0.1) is 0 Å². The van der Waals surface area contributed by atoms with E-state index in [0.29, 0.717) is 17.9 Å². The van der Waals surface area contributed by atoms with E-state index in [-0.39, 0.29) is 29.8 Å². The predicted molar refractivity (Wildman–Crippen MR) is 128 cm³/mol. The SMILES string of the molecule is CN(C=O)C(=N)N[C@H](CCC1CCCCC1)C[C@H]1CCC[C@@H](NC(=O)c2ccnc(O)c2)C1. The van der Waals surface area contributed by atoms with Crippen LogP contribution in [0.3, 0.4) is 0 Å². The molecule has 0 unspecified atom stereocenters. The quantitative estimate of drug-likeness (QED) is 0.255. The molecule has 2 amide bonds. The summed E-state index contributed by atoms with van der Waals surface area (Å²) in [5, 5.41) is 24.2. The van der Waals surface area contributed by atoms with Crippen molar-refractivity contribution in [3.8, 4) is 5.88 Å². The van der Waals surface area contributed by atoms with Gasteiger partial charge in [-0.25, -0.2) is 4.98 Å². The largest absolute Gasteiger partial charge is 0.493 e. The number of hydrogen-bond donors (Lipinski definition) is 4. The van der Waals surface area contributed by atoms with Crippen molar-refractivity contribution in [2.45, 2.75) is 89.1 Å². The molecule has 0 saturated heterocycles. The Morgan fingerprint density at radius 3 is 2.73 bits per heavy atom. The van der Waals surface area contributed by atoms with E-state index in [1.165, 1.54) is 49.3 Å². The van der Waals surface area contributed by atoms with Gasteiger partial charge >= 0.3 is 0 Å². The van der Waals surface area contributed by atoms with Gasteiger partial charge in [0.1, 0.15) is 0 Å². The Bertz CT molecular complexity index is 796. The van der Waals surface area contributed by atoms with Crippen LogP contribution in [0.15, 0.2) is 18.3 Å². The van der Waals surface area contributed by atoms with Gasteiger partial charge in [-0.05, 0) is 50.0 Å². The first-order chi connectivity index (χ1) is 15.9. The van der Waals surface area contributed by atoms with Crippen molar-refractivity contribution in [3.63, 3.8) is 0 Å². The maximum atomic E-state index is 12.6. The van der Waals surface area contributed by atoms with Crippen molar-refractivity contribution in [3.05, 3.63) is 23.9 Å². The number of carbonyl (C=O) groups is 2. The van der Waals surface area contributed by atoms with Crippen LogP contribution in [0.4, 0.5) is 0 Å².